The smallest absolute Gasteiger partial charge is 0.0713 e. The van der Waals surface area contributed by atoms with Crippen LogP contribution >= 0.6 is 0 Å². The van der Waals surface area contributed by atoms with E-state index in [1.807, 2.05) is 0 Å². The third-order valence-electron chi connectivity index (χ3n) is 13.3. The SMILES string of the molecule is c1ccc(-c2ccc3cc(-c4ccc(N(c5ccc(-c6cccc7ccccc67)cc5)c5ccc6c(c5)-c5ccccc5C6(c5ccccc5)c5ccccc5)cc4)ccc3c2)cc1. The minimum absolute atomic E-state index is 0.456. The van der Waals surface area contributed by atoms with Crippen molar-refractivity contribution in [2.45, 2.75) is 5.41 Å². The fraction of sp³-hybridized carbons (Fsp3) is 0.0159. The van der Waals surface area contributed by atoms with Crippen LogP contribution in [0.3, 0.4) is 0 Å². The van der Waals surface area contributed by atoms with E-state index in [-0.39, 0.29) is 0 Å². The first-order valence-electron chi connectivity index (χ1n) is 22.2. The molecular formula is C63H43N. The average Bonchev–Trinajstić information content (AvgIpc) is 3.67. The van der Waals surface area contributed by atoms with Crippen LogP contribution in [0, 0.1) is 0 Å². The lowest BCUT2D eigenvalue weighted by molar-refractivity contribution is 0.768. The van der Waals surface area contributed by atoms with E-state index in [1.165, 1.54) is 88.3 Å². The maximum atomic E-state index is 2.42. The van der Waals surface area contributed by atoms with E-state index in [1.54, 1.807) is 0 Å². The number of hydrogen-bond donors (Lipinski definition) is 0. The number of anilines is 3. The Morgan fingerprint density at radius 3 is 1.38 bits per heavy atom. The second-order valence-corrected chi connectivity index (χ2v) is 16.9. The average molecular weight is 814 g/mol. The van der Waals surface area contributed by atoms with E-state index in [9.17, 15) is 0 Å². The minimum atomic E-state index is -0.456. The van der Waals surface area contributed by atoms with Gasteiger partial charge in [0.05, 0.1) is 5.41 Å². The summed E-state index contributed by atoms with van der Waals surface area (Å²) in [5.74, 6) is 0. The zero-order chi connectivity index (χ0) is 42.5. The Balaban J connectivity index is 0.984. The van der Waals surface area contributed by atoms with Gasteiger partial charge in [0.1, 0.15) is 0 Å². The summed E-state index contributed by atoms with van der Waals surface area (Å²) in [7, 11) is 0. The highest BCUT2D eigenvalue weighted by molar-refractivity contribution is 5.97. The summed E-state index contributed by atoms with van der Waals surface area (Å²) in [6.45, 7) is 0. The van der Waals surface area contributed by atoms with Crippen LogP contribution < -0.4 is 4.90 Å². The number of hydrogen-bond acceptors (Lipinski definition) is 1. The Morgan fingerprint density at radius 1 is 0.250 bits per heavy atom. The molecule has 12 rings (SSSR count). The van der Waals surface area contributed by atoms with Crippen LogP contribution in [0.15, 0.2) is 261 Å². The van der Waals surface area contributed by atoms with Crippen LogP contribution in [-0.4, -0.2) is 0 Å². The van der Waals surface area contributed by atoms with E-state index in [4.69, 9.17) is 0 Å². The van der Waals surface area contributed by atoms with Crippen molar-refractivity contribution in [3.8, 4) is 44.5 Å². The van der Waals surface area contributed by atoms with Gasteiger partial charge < -0.3 is 4.90 Å². The summed E-state index contributed by atoms with van der Waals surface area (Å²) in [6.07, 6.45) is 0. The summed E-state index contributed by atoms with van der Waals surface area (Å²) in [5, 5.41) is 4.97. The standard InChI is InChI=1S/C63H43N/c1-4-15-44(16-5-1)48-27-29-51-42-49(28-30-50(51)41-48)45-31-35-54(36-32-45)64(55-37-33-47(34-38-55)58-25-14-18-46-17-10-11-23-57(46)58)56-39-40-62-60(43-56)59-24-12-13-26-61(59)63(62,52-19-6-2-7-20-52)53-21-8-3-9-22-53/h1-43H. The van der Waals surface area contributed by atoms with Crippen molar-refractivity contribution in [1.82, 2.24) is 0 Å². The first-order chi connectivity index (χ1) is 31.7. The van der Waals surface area contributed by atoms with Crippen LogP contribution in [-0.2, 0) is 5.41 Å². The van der Waals surface area contributed by atoms with Crippen LogP contribution in [0.25, 0.3) is 66.1 Å². The van der Waals surface area contributed by atoms with Crippen molar-refractivity contribution in [3.63, 3.8) is 0 Å². The quantitative estimate of drug-likeness (QED) is 0.148. The molecule has 300 valence electrons. The van der Waals surface area contributed by atoms with E-state index in [0.717, 1.165) is 17.1 Å². The van der Waals surface area contributed by atoms with Gasteiger partial charge in [-0.3, -0.25) is 0 Å². The summed E-state index contributed by atoms with van der Waals surface area (Å²) in [4.78, 5) is 2.41. The second-order valence-electron chi connectivity index (χ2n) is 16.9. The van der Waals surface area contributed by atoms with E-state index in [2.05, 4.69) is 266 Å². The number of nitrogens with zero attached hydrogens (tertiary/aromatic N) is 1. The third-order valence-corrected chi connectivity index (χ3v) is 13.3. The molecule has 64 heavy (non-hydrogen) atoms. The molecule has 0 aliphatic heterocycles. The number of rotatable bonds is 8. The molecular weight excluding hydrogens is 771 g/mol. The van der Waals surface area contributed by atoms with Gasteiger partial charge in [-0.25, -0.2) is 0 Å². The fourth-order valence-corrected chi connectivity index (χ4v) is 10.3. The molecule has 0 atom stereocenters. The summed E-state index contributed by atoms with van der Waals surface area (Å²) in [5.41, 5.74) is 17.8. The molecule has 11 aromatic carbocycles. The van der Waals surface area contributed by atoms with Gasteiger partial charge in [-0.15, -0.1) is 0 Å². The van der Waals surface area contributed by atoms with Gasteiger partial charge in [-0.1, -0.05) is 212 Å². The highest BCUT2D eigenvalue weighted by Gasteiger charge is 2.46. The van der Waals surface area contributed by atoms with Gasteiger partial charge in [0.15, 0.2) is 0 Å². The molecule has 1 aliphatic rings. The van der Waals surface area contributed by atoms with E-state index >= 15 is 0 Å². The number of benzene rings is 11. The van der Waals surface area contributed by atoms with E-state index < -0.39 is 5.41 Å². The van der Waals surface area contributed by atoms with Crippen molar-refractivity contribution in [2.24, 2.45) is 0 Å². The minimum Gasteiger partial charge on any atom is -0.310 e. The molecule has 0 saturated carbocycles. The lowest BCUT2D eigenvalue weighted by Crippen LogP contribution is -2.28. The molecule has 0 N–H and O–H groups in total. The Kier molecular flexibility index (Phi) is 9.13. The van der Waals surface area contributed by atoms with Gasteiger partial charge in [0.25, 0.3) is 0 Å². The van der Waals surface area contributed by atoms with Crippen LogP contribution in [0.4, 0.5) is 17.1 Å². The first-order valence-corrected chi connectivity index (χ1v) is 22.2. The predicted molar refractivity (Wildman–Crippen MR) is 270 cm³/mol. The maximum Gasteiger partial charge on any atom is 0.0713 e. The van der Waals surface area contributed by atoms with E-state index in [0.29, 0.717) is 0 Å². The Hall–Kier alpha value is -8.26. The molecule has 1 heteroatoms. The molecule has 0 radical (unpaired) electrons. The molecule has 0 fully saturated rings. The zero-order valence-corrected chi connectivity index (χ0v) is 35.3. The molecule has 0 heterocycles. The lowest BCUT2D eigenvalue weighted by atomic mass is 9.68. The van der Waals surface area contributed by atoms with Crippen LogP contribution in [0.2, 0.25) is 0 Å². The lowest BCUT2D eigenvalue weighted by Gasteiger charge is -2.34. The molecule has 0 unspecified atom stereocenters. The molecule has 0 spiro atoms. The molecule has 0 aromatic heterocycles. The highest BCUT2D eigenvalue weighted by atomic mass is 15.1. The molecule has 0 saturated heterocycles. The maximum absolute atomic E-state index is 2.42. The molecule has 1 nitrogen and oxygen atoms in total. The Morgan fingerprint density at radius 2 is 0.719 bits per heavy atom. The van der Waals surface area contributed by atoms with Gasteiger partial charge >= 0.3 is 0 Å². The molecule has 1 aliphatic carbocycles. The van der Waals surface area contributed by atoms with Gasteiger partial charge in [-0.05, 0) is 137 Å². The van der Waals surface area contributed by atoms with Gasteiger partial charge in [0, 0.05) is 17.1 Å². The first kappa shape index (κ1) is 37.5. The van der Waals surface area contributed by atoms with Crippen molar-refractivity contribution in [3.05, 3.63) is 283 Å². The van der Waals surface area contributed by atoms with Crippen molar-refractivity contribution in [2.75, 3.05) is 4.90 Å². The second kappa shape index (κ2) is 15.6. The third kappa shape index (κ3) is 6.24. The van der Waals surface area contributed by atoms with Gasteiger partial charge in [-0.2, -0.15) is 0 Å². The Labute approximate surface area is 374 Å². The van der Waals surface area contributed by atoms with Crippen LogP contribution in [0.1, 0.15) is 22.3 Å². The van der Waals surface area contributed by atoms with Crippen molar-refractivity contribution in [1.29, 1.82) is 0 Å². The highest BCUT2D eigenvalue weighted by Crippen LogP contribution is 2.57. The number of fused-ring (bicyclic) bond motifs is 5. The summed E-state index contributed by atoms with van der Waals surface area (Å²) in [6, 6.07) is 95.8. The van der Waals surface area contributed by atoms with Crippen molar-refractivity contribution >= 4 is 38.6 Å². The van der Waals surface area contributed by atoms with Gasteiger partial charge in [0.2, 0.25) is 0 Å². The molecule has 0 bridgehead atoms. The van der Waals surface area contributed by atoms with Crippen molar-refractivity contribution < 1.29 is 0 Å². The fourth-order valence-electron chi connectivity index (χ4n) is 10.3. The largest absolute Gasteiger partial charge is 0.310 e. The predicted octanol–water partition coefficient (Wildman–Crippen LogP) is 16.8. The Bertz CT molecular complexity index is 3420. The normalized spacial score (nSPS) is 12.5. The topological polar surface area (TPSA) is 3.24 Å². The summed E-state index contributed by atoms with van der Waals surface area (Å²) >= 11 is 0. The molecule has 0 amide bonds. The van der Waals surface area contributed by atoms with Crippen LogP contribution in [0.5, 0.6) is 0 Å². The molecule has 11 aromatic rings. The zero-order valence-electron chi connectivity index (χ0n) is 35.3. The summed E-state index contributed by atoms with van der Waals surface area (Å²) < 4.78 is 0. The monoisotopic (exact) mass is 813 g/mol.